The van der Waals surface area contributed by atoms with Crippen molar-refractivity contribution < 1.29 is 14.3 Å². The molecular weight excluding hydrogens is 442 g/mol. The predicted molar refractivity (Wildman–Crippen MR) is 129 cm³/mol. The van der Waals surface area contributed by atoms with Crippen molar-refractivity contribution >= 4 is 35.0 Å². The van der Waals surface area contributed by atoms with Gasteiger partial charge in [-0.2, -0.15) is 0 Å². The van der Waals surface area contributed by atoms with Gasteiger partial charge in [0.05, 0.1) is 18.0 Å². The van der Waals surface area contributed by atoms with Crippen LogP contribution in [0.2, 0.25) is 0 Å². The van der Waals surface area contributed by atoms with Crippen LogP contribution < -0.4 is 20.9 Å². The Morgan fingerprint density at radius 2 is 1.79 bits per heavy atom. The number of thioether (sulfide) groups is 1. The van der Waals surface area contributed by atoms with Crippen molar-refractivity contribution in [2.24, 2.45) is 0 Å². The Labute approximate surface area is 195 Å². The van der Waals surface area contributed by atoms with Gasteiger partial charge in [0.2, 0.25) is 11.8 Å². The van der Waals surface area contributed by atoms with Gasteiger partial charge in [-0.15, -0.1) is 10.2 Å². The Bertz CT molecular complexity index is 1180. The molecule has 9 nitrogen and oxygen atoms in total. The van der Waals surface area contributed by atoms with Crippen molar-refractivity contribution in [3.63, 3.8) is 0 Å². The first-order valence-corrected chi connectivity index (χ1v) is 11.3. The molecule has 0 aliphatic rings. The van der Waals surface area contributed by atoms with Crippen LogP contribution in [0.5, 0.6) is 5.75 Å². The maximum Gasteiger partial charge on any atom is 0.278 e. The van der Waals surface area contributed by atoms with Gasteiger partial charge in [0, 0.05) is 17.7 Å². The van der Waals surface area contributed by atoms with Gasteiger partial charge in [-0.25, -0.2) is 0 Å². The standard InChI is InChI=1S/C23H25N5O4S/c1-4-18(21(30)24-14-10-12-15(32-3)13-11-14)33-23-26-22(31)20(27-28-23)16-8-6-7-9-17(16)25-19(29)5-2/h6-13,18H,4-5H2,1-3H3,(H,24,30)(H,25,29)(H,26,28,31)/t18-/m1/s1. The number of anilines is 2. The highest BCUT2D eigenvalue weighted by atomic mass is 32.2. The molecule has 2 aromatic carbocycles. The molecule has 3 aromatic rings. The Morgan fingerprint density at radius 1 is 1.06 bits per heavy atom. The van der Waals surface area contributed by atoms with E-state index >= 15 is 0 Å². The zero-order valence-corrected chi connectivity index (χ0v) is 19.4. The molecule has 0 spiro atoms. The lowest BCUT2D eigenvalue weighted by molar-refractivity contribution is -0.116. The highest BCUT2D eigenvalue weighted by Crippen LogP contribution is 2.26. The largest absolute Gasteiger partial charge is 0.497 e. The maximum absolute atomic E-state index is 12.7. The number of hydrogen-bond donors (Lipinski definition) is 3. The van der Waals surface area contributed by atoms with Crippen LogP contribution in [0.15, 0.2) is 58.5 Å². The minimum Gasteiger partial charge on any atom is -0.497 e. The van der Waals surface area contributed by atoms with Gasteiger partial charge in [0.25, 0.3) is 5.56 Å². The Kier molecular flexibility index (Phi) is 8.20. The SMILES string of the molecule is CCC(=O)Nc1ccccc1-c1nnc(S[C@H](CC)C(=O)Nc2ccc(OC)cc2)[nH]c1=O. The number of carbonyl (C=O) groups excluding carboxylic acids is 2. The fourth-order valence-electron chi connectivity index (χ4n) is 2.94. The summed E-state index contributed by atoms with van der Waals surface area (Å²) in [5, 5.41) is 13.5. The summed E-state index contributed by atoms with van der Waals surface area (Å²) in [5.41, 5.74) is 1.21. The molecule has 172 valence electrons. The topological polar surface area (TPSA) is 126 Å². The average molecular weight is 468 g/mol. The van der Waals surface area contributed by atoms with E-state index in [-0.39, 0.29) is 22.7 Å². The first kappa shape index (κ1) is 24.0. The summed E-state index contributed by atoms with van der Waals surface area (Å²) in [6, 6.07) is 13.9. The Hall–Kier alpha value is -3.66. The van der Waals surface area contributed by atoms with E-state index in [0.717, 1.165) is 11.8 Å². The van der Waals surface area contributed by atoms with Gasteiger partial charge < -0.3 is 15.4 Å². The molecule has 0 bridgehead atoms. The van der Waals surface area contributed by atoms with Crippen molar-refractivity contribution in [2.75, 3.05) is 17.7 Å². The van der Waals surface area contributed by atoms with Crippen LogP contribution >= 0.6 is 11.8 Å². The Balaban J connectivity index is 1.76. The zero-order valence-electron chi connectivity index (χ0n) is 18.5. The highest BCUT2D eigenvalue weighted by Gasteiger charge is 2.21. The summed E-state index contributed by atoms with van der Waals surface area (Å²) >= 11 is 1.12. The molecule has 33 heavy (non-hydrogen) atoms. The zero-order chi connectivity index (χ0) is 23.8. The van der Waals surface area contributed by atoms with Gasteiger partial charge in [-0.1, -0.05) is 43.8 Å². The quantitative estimate of drug-likeness (QED) is 0.410. The lowest BCUT2D eigenvalue weighted by Gasteiger charge is -2.14. The number of nitrogens with zero attached hydrogens (tertiary/aromatic N) is 2. The molecule has 1 heterocycles. The van der Waals surface area contributed by atoms with Crippen LogP contribution in [0.3, 0.4) is 0 Å². The minimum atomic E-state index is -0.487. The van der Waals surface area contributed by atoms with E-state index in [9.17, 15) is 14.4 Å². The molecule has 1 aromatic heterocycles. The average Bonchev–Trinajstić information content (AvgIpc) is 2.83. The molecule has 0 radical (unpaired) electrons. The smallest absolute Gasteiger partial charge is 0.278 e. The number of aromatic amines is 1. The molecule has 0 unspecified atom stereocenters. The summed E-state index contributed by atoms with van der Waals surface area (Å²) in [5.74, 6) is 0.304. The highest BCUT2D eigenvalue weighted by molar-refractivity contribution is 8.00. The molecule has 3 N–H and O–H groups in total. The summed E-state index contributed by atoms with van der Waals surface area (Å²) in [7, 11) is 1.57. The lowest BCUT2D eigenvalue weighted by atomic mass is 10.1. The molecule has 0 aliphatic carbocycles. The number of hydrogen-bond acceptors (Lipinski definition) is 7. The first-order valence-electron chi connectivity index (χ1n) is 10.4. The van der Waals surface area contributed by atoms with Crippen LogP contribution in [0.4, 0.5) is 11.4 Å². The number of methoxy groups -OCH3 is 1. The van der Waals surface area contributed by atoms with E-state index in [0.29, 0.717) is 35.5 Å². The predicted octanol–water partition coefficient (Wildman–Crippen LogP) is 3.70. The van der Waals surface area contributed by atoms with Crippen LogP contribution in [0.1, 0.15) is 26.7 Å². The van der Waals surface area contributed by atoms with Gasteiger partial charge in [-0.3, -0.25) is 19.4 Å². The summed E-state index contributed by atoms with van der Waals surface area (Å²) in [6.07, 6.45) is 0.826. The molecule has 3 rings (SSSR count). The van der Waals surface area contributed by atoms with Crippen molar-refractivity contribution in [2.45, 2.75) is 37.1 Å². The van der Waals surface area contributed by atoms with Gasteiger partial charge in [-0.05, 0) is 36.8 Å². The fourth-order valence-corrected chi connectivity index (χ4v) is 3.78. The molecule has 0 saturated carbocycles. The maximum atomic E-state index is 12.7. The van der Waals surface area contributed by atoms with Gasteiger partial charge >= 0.3 is 0 Å². The van der Waals surface area contributed by atoms with E-state index < -0.39 is 10.8 Å². The van der Waals surface area contributed by atoms with E-state index in [1.165, 1.54) is 0 Å². The first-order chi connectivity index (χ1) is 15.9. The van der Waals surface area contributed by atoms with Crippen molar-refractivity contribution in [3.05, 3.63) is 58.9 Å². The number of nitrogens with one attached hydrogen (secondary N) is 3. The number of rotatable bonds is 9. The molecule has 0 saturated heterocycles. The number of benzene rings is 2. The van der Waals surface area contributed by atoms with Gasteiger partial charge in [0.15, 0.2) is 10.9 Å². The molecular formula is C23H25N5O4S. The van der Waals surface area contributed by atoms with Crippen LogP contribution in [0.25, 0.3) is 11.3 Å². The minimum absolute atomic E-state index is 0.0853. The van der Waals surface area contributed by atoms with E-state index in [1.54, 1.807) is 62.6 Å². The number of amides is 2. The van der Waals surface area contributed by atoms with Gasteiger partial charge in [0.1, 0.15) is 5.75 Å². The third-order valence-corrected chi connectivity index (χ3v) is 5.97. The summed E-state index contributed by atoms with van der Waals surface area (Å²) < 4.78 is 5.12. The molecule has 10 heteroatoms. The second-order valence-electron chi connectivity index (χ2n) is 6.99. The third-order valence-electron chi connectivity index (χ3n) is 4.73. The van der Waals surface area contributed by atoms with Crippen molar-refractivity contribution in [3.8, 4) is 17.0 Å². The molecule has 1 atom stereocenters. The molecule has 0 fully saturated rings. The summed E-state index contributed by atoms with van der Waals surface area (Å²) in [4.78, 5) is 39.9. The summed E-state index contributed by atoms with van der Waals surface area (Å²) in [6.45, 7) is 3.61. The van der Waals surface area contributed by atoms with Crippen LogP contribution in [-0.2, 0) is 9.59 Å². The normalized spacial score (nSPS) is 11.5. The number of H-pyrrole nitrogens is 1. The monoisotopic (exact) mass is 467 g/mol. The molecule has 2 amide bonds. The van der Waals surface area contributed by atoms with Crippen LogP contribution in [0, 0.1) is 0 Å². The fraction of sp³-hybridized carbons (Fsp3) is 0.261. The number of carbonyl (C=O) groups is 2. The van der Waals surface area contributed by atoms with Crippen molar-refractivity contribution in [1.29, 1.82) is 0 Å². The third kappa shape index (κ3) is 6.19. The lowest BCUT2D eigenvalue weighted by Crippen LogP contribution is -2.25. The van der Waals surface area contributed by atoms with E-state index in [4.69, 9.17) is 4.74 Å². The van der Waals surface area contributed by atoms with E-state index in [2.05, 4.69) is 25.8 Å². The van der Waals surface area contributed by atoms with Crippen molar-refractivity contribution in [1.82, 2.24) is 15.2 Å². The second kappa shape index (κ2) is 11.3. The number of ether oxygens (including phenoxy) is 1. The number of aromatic nitrogens is 3. The Morgan fingerprint density at radius 3 is 2.42 bits per heavy atom. The second-order valence-corrected chi connectivity index (χ2v) is 8.18. The van der Waals surface area contributed by atoms with Crippen LogP contribution in [-0.4, -0.2) is 39.4 Å². The van der Waals surface area contributed by atoms with E-state index in [1.807, 2.05) is 6.92 Å². The molecule has 0 aliphatic heterocycles. The number of para-hydroxylation sites is 1.